The van der Waals surface area contributed by atoms with E-state index in [9.17, 15) is 4.79 Å². The minimum Gasteiger partial charge on any atom is -0.345 e. The Morgan fingerprint density at radius 2 is 1.70 bits per heavy atom. The summed E-state index contributed by atoms with van der Waals surface area (Å²) < 4.78 is 0. The number of hydrogen-bond acceptors (Lipinski definition) is 1. The highest BCUT2D eigenvalue weighted by molar-refractivity contribution is 6.42. The number of rotatable bonds is 3. The summed E-state index contributed by atoms with van der Waals surface area (Å²) in [6.45, 7) is 1.97. The summed E-state index contributed by atoms with van der Waals surface area (Å²) in [5.41, 5.74) is 1.57. The first kappa shape index (κ1) is 15.9. The lowest BCUT2D eigenvalue weighted by molar-refractivity contribution is 0.0940. The Labute approximate surface area is 145 Å². The summed E-state index contributed by atoms with van der Waals surface area (Å²) in [4.78, 5) is 12.4. The van der Waals surface area contributed by atoms with Crippen LogP contribution in [0.3, 0.4) is 0 Å². The molecule has 3 rings (SSSR count). The first-order valence-corrected chi connectivity index (χ1v) is 8.05. The summed E-state index contributed by atoms with van der Waals surface area (Å²) in [5.74, 6) is -0.177. The maximum atomic E-state index is 12.4. The third-order valence-corrected chi connectivity index (χ3v) is 4.56. The van der Waals surface area contributed by atoms with Gasteiger partial charge in [-0.25, -0.2) is 0 Å². The number of halogens is 2. The minimum atomic E-state index is -0.177. The van der Waals surface area contributed by atoms with Crippen LogP contribution in [-0.4, -0.2) is 5.91 Å². The van der Waals surface area contributed by atoms with Crippen molar-refractivity contribution in [2.24, 2.45) is 0 Å². The first-order valence-electron chi connectivity index (χ1n) is 7.30. The van der Waals surface area contributed by atoms with Gasteiger partial charge in [-0.2, -0.15) is 0 Å². The molecule has 0 radical (unpaired) electrons. The topological polar surface area (TPSA) is 29.1 Å². The number of benzene rings is 3. The lowest BCUT2D eigenvalue weighted by Gasteiger charge is -2.17. The molecule has 0 spiro atoms. The average Bonchev–Trinajstić information content (AvgIpc) is 2.56. The number of fused-ring (bicyclic) bond motifs is 1. The number of carbonyl (C=O) groups excluding carboxylic acids is 1. The highest BCUT2D eigenvalue weighted by Gasteiger charge is 2.14. The van der Waals surface area contributed by atoms with Gasteiger partial charge in [0.25, 0.3) is 5.91 Å². The quantitative estimate of drug-likeness (QED) is 0.655. The smallest absolute Gasteiger partial charge is 0.251 e. The predicted molar refractivity (Wildman–Crippen MR) is 96.3 cm³/mol. The monoisotopic (exact) mass is 343 g/mol. The average molecular weight is 344 g/mol. The first-order chi connectivity index (χ1) is 11.1. The van der Waals surface area contributed by atoms with Crippen molar-refractivity contribution in [2.75, 3.05) is 0 Å². The van der Waals surface area contributed by atoms with E-state index in [2.05, 4.69) is 23.5 Å². The van der Waals surface area contributed by atoms with Gasteiger partial charge in [0.05, 0.1) is 16.1 Å². The Kier molecular flexibility index (Phi) is 4.56. The van der Waals surface area contributed by atoms with Crippen LogP contribution in [0.4, 0.5) is 0 Å². The van der Waals surface area contributed by atoms with Crippen LogP contribution >= 0.6 is 23.2 Å². The van der Waals surface area contributed by atoms with Crippen molar-refractivity contribution in [3.63, 3.8) is 0 Å². The number of amides is 1. The van der Waals surface area contributed by atoms with Gasteiger partial charge in [0.1, 0.15) is 0 Å². The van der Waals surface area contributed by atoms with Crippen LogP contribution in [0.2, 0.25) is 10.0 Å². The molecule has 4 heteroatoms. The molecule has 2 nitrogen and oxygen atoms in total. The molecule has 3 aromatic carbocycles. The Balaban J connectivity index is 1.87. The zero-order valence-corrected chi connectivity index (χ0v) is 14.0. The molecule has 0 aromatic heterocycles. The van der Waals surface area contributed by atoms with Gasteiger partial charge in [0, 0.05) is 5.56 Å². The Morgan fingerprint density at radius 3 is 2.48 bits per heavy atom. The van der Waals surface area contributed by atoms with E-state index in [4.69, 9.17) is 23.2 Å². The standard InChI is InChI=1S/C19H15Cl2NO/c1-12(15-8-4-6-13-5-2-3-7-16(13)15)22-19(23)14-9-10-17(20)18(21)11-14/h2-12H,1H3,(H,22,23). The van der Waals surface area contributed by atoms with Crippen molar-refractivity contribution < 1.29 is 4.79 Å². The highest BCUT2D eigenvalue weighted by Crippen LogP contribution is 2.25. The van der Waals surface area contributed by atoms with Crippen LogP contribution in [0.25, 0.3) is 10.8 Å². The largest absolute Gasteiger partial charge is 0.345 e. The number of hydrogen-bond donors (Lipinski definition) is 1. The summed E-state index contributed by atoms with van der Waals surface area (Å²) >= 11 is 11.9. The fourth-order valence-corrected chi connectivity index (χ4v) is 2.92. The van der Waals surface area contributed by atoms with Crippen molar-refractivity contribution in [3.8, 4) is 0 Å². The molecule has 3 aromatic rings. The van der Waals surface area contributed by atoms with Crippen LogP contribution in [0, 0.1) is 0 Å². The van der Waals surface area contributed by atoms with Gasteiger partial charge in [-0.15, -0.1) is 0 Å². The van der Waals surface area contributed by atoms with Crippen LogP contribution in [0.5, 0.6) is 0 Å². The number of nitrogens with one attached hydrogen (secondary N) is 1. The van der Waals surface area contributed by atoms with Gasteiger partial charge >= 0.3 is 0 Å². The fourth-order valence-electron chi connectivity index (χ4n) is 2.62. The van der Waals surface area contributed by atoms with Crippen LogP contribution in [-0.2, 0) is 0 Å². The molecular formula is C19H15Cl2NO. The summed E-state index contributed by atoms with van der Waals surface area (Å²) in [6.07, 6.45) is 0. The fraction of sp³-hybridized carbons (Fsp3) is 0.105. The lowest BCUT2D eigenvalue weighted by atomic mass is 9.99. The summed E-state index contributed by atoms with van der Waals surface area (Å²) in [7, 11) is 0. The Hall–Kier alpha value is -2.03. The van der Waals surface area contributed by atoms with Gasteiger partial charge in [-0.05, 0) is 41.5 Å². The maximum Gasteiger partial charge on any atom is 0.251 e. The lowest BCUT2D eigenvalue weighted by Crippen LogP contribution is -2.26. The Bertz CT molecular complexity index is 871. The third kappa shape index (κ3) is 3.34. The third-order valence-electron chi connectivity index (χ3n) is 3.82. The molecule has 0 aliphatic heterocycles. The normalized spacial score (nSPS) is 12.1. The second-order valence-electron chi connectivity index (χ2n) is 5.39. The van der Waals surface area contributed by atoms with Crippen LogP contribution in [0.15, 0.2) is 60.7 Å². The Morgan fingerprint density at radius 1 is 0.957 bits per heavy atom. The second-order valence-corrected chi connectivity index (χ2v) is 6.21. The van der Waals surface area contributed by atoms with E-state index in [-0.39, 0.29) is 11.9 Å². The molecule has 0 bridgehead atoms. The van der Waals surface area contributed by atoms with Crippen LogP contribution in [0.1, 0.15) is 28.9 Å². The molecule has 1 atom stereocenters. The molecule has 0 saturated carbocycles. The molecule has 0 heterocycles. The molecule has 1 N–H and O–H groups in total. The van der Waals surface area contributed by atoms with Gasteiger partial charge in [0.15, 0.2) is 0 Å². The van der Waals surface area contributed by atoms with Crippen molar-refractivity contribution >= 4 is 39.9 Å². The molecule has 23 heavy (non-hydrogen) atoms. The molecule has 1 amide bonds. The molecular weight excluding hydrogens is 329 g/mol. The van der Waals surface area contributed by atoms with Gasteiger partial charge < -0.3 is 5.32 Å². The molecule has 0 fully saturated rings. The van der Waals surface area contributed by atoms with E-state index in [0.717, 1.165) is 16.3 Å². The van der Waals surface area contributed by atoms with Crippen molar-refractivity contribution in [2.45, 2.75) is 13.0 Å². The second kappa shape index (κ2) is 6.61. The maximum absolute atomic E-state index is 12.4. The van der Waals surface area contributed by atoms with E-state index in [1.165, 1.54) is 0 Å². The van der Waals surface area contributed by atoms with E-state index >= 15 is 0 Å². The van der Waals surface area contributed by atoms with E-state index in [1.807, 2.05) is 31.2 Å². The summed E-state index contributed by atoms with van der Waals surface area (Å²) in [5, 5.41) is 6.11. The SMILES string of the molecule is CC(NC(=O)c1ccc(Cl)c(Cl)c1)c1cccc2ccccc12. The van der Waals surface area contributed by atoms with Gasteiger partial charge in [-0.1, -0.05) is 65.7 Å². The van der Waals surface area contributed by atoms with Gasteiger partial charge in [-0.3, -0.25) is 4.79 Å². The molecule has 1 unspecified atom stereocenters. The van der Waals surface area contributed by atoms with E-state index in [0.29, 0.717) is 15.6 Å². The molecule has 0 saturated heterocycles. The van der Waals surface area contributed by atoms with Crippen LogP contribution < -0.4 is 5.32 Å². The zero-order chi connectivity index (χ0) is 16.4. The zero-order valence-electron chi connectivity index (χ0n) is 12.5. The number of carbonyl (C=O) groups is 1. The highest BCUT2D eigenvalue weighted by atomic mass is 35.5. The van der Waals surface area contributed by atoms with E-state index in [1.54, 1.807) is 18.2 Å². The summed E-state index contributed by atoms with van der Waals surface area (Å²) in [6, 6.07) is 19.0. The minimum absolute atomic E-state index is 0.122. The van der Waals surface area contributed by atoms with Crippen molar-refractivity contribution in [3.05, 3.63) is 81.8 Å². The van der Waals surface area contributed by atoms with Gasteiger partial charge in [0.2, 0.25) is 0 Å². The molecule has 0 aliphatic carbocycles. The predicted octanol–water partition coefficient (Wildman–Crippen LogP) is 5.64. The van der Waals surface area contributed by atoms with E-state index < -0.39 is 0 Å². The van der Waals surface area contributed by atoms with Crippen molar-refractivity contribution in [1.82, 2.24) is 5.32 Å². The molecule has 116 valence electrons. The molecule has 0 aliphatic rings. The van der Waals surface area contributed by atoms with Crippen molar-refractivity contribution in [1.29, 1.82) is 0 Å².